The summed E-state index contributed by atoms with van der Waals surface area (Å²) in [6.45, 7) is -0.244. The predicted molar refractivity (Wildman–Crippen MR) is 65.9 cm³/mol. The van der Waals surface area contributed by atoms with Crippen molar-refractivity contribution in [2.75, 3.05) is 6.61 Å². The lowest BCUT2D eigenvalue weighted by Gasteiger charge is -2.09. The molecular formula is C9H8Br2N2O3. The Morgan fingerprint density at radius 2 is 2.25 bits per heavy atom. The summed E-state index contributed by atoms with van der Waals surface area (Å²) in [6.07, 6.45) is 1.20. The van der Waals surface area contributed by atoms with Crippen LogP contribution in [0.3, 0.4) is 0 Å². The van der Waals surface area contributed by atoms with Gasteiger partial charge in [0.25, 0.3) is 5.91 Å². The highest BCUT2D eigenvalue weighted by atomic mass is 79.9. The van der Waals surface area contributed by atoms with Crippen LogP contribution in [0.25, 0.3) is 0 Å². The first-order chi connectivity index (χ1) is 7.54. The van der Waals surface area contributed by atoms with Gasteiger partial charge in [-0.2, -0.15) is 0 Å². The van der Waals surface area contributed by atoms with Crippen LogP contribution in [0.2, 0.25) is 0 Å². The maximum Gasteiger partial charge on any atom is 0.255 e. The number of hydrogen-bond acceptors (Lipinski definition) is 4. The molecule has 0 saturated carbocycles. The van der Waals surface area contributed by atoms with Crippen LogP contribution in [0.4, 0.5) is 0 Å². The number of hydrogen-bond donors (Lipinski definition) is 2. The van der Waals surface area contributed by atoms with Crippen LogP contribution in [0.15, 0.2) is 26.2 Å². The number of primary amides is 1. The molecule has 0 aromatic heterocycles. The van der Waals surface area contributed by atoms with Gasteiger partial charge in [0.2, 0.25) is 0 Å². The number of ether oxygens (including phenoxy) is 1. The third-order valence-corrected chi connectivity index (χ3v) is 2.64. The minimum atomic E-state index is -0.582. The third kappa shape index (κ3) is 3.49. The van der Waals surface area contributed by atoms with E-state index >= 15 is 0 Å². The first kappa shape index (κ1) is 13.0. The molecule has 0 heterocycles. The molecule has 0 bridgehead atoms. The number of nitrogens with zero attached hydrogens (tertiary/aromatic N) is 1. The van der Waals surface area contributed by atoms with Gasteiger partial charge in [0.05, 0.1) is 10.7 Å². The zero-order valence-corrected chi connectivity index (χ0v) is 11.2. The smallest absolute Gasteiger partial charge is 0.255 e. The largest absolute Gasteiger partial charge is 0.482 e. The topological polar surface area (TPSA) is 84.9 Å². The van der Waals surface area contributed by atoms with Gasteiger partial charge in [0.1, 0.15) is 5.75 Å². The molecule has 5 nitrogen and oxygen atoms in total. The van der Waals surface area contributed by atoms with E-state index in [1.54, 1.807) is 12.1 Å². The van der Waals surface area contributed by atoms with Crippen LogP contribution < -0.4 is 10.5 Å². The molecule has 0 aliphatic heterocycles. The van der Waals surface area contributed by atoms with E-state index in [2.05, 4.69) is 37.0 Å². The number of carbonyl (C=O) groups excluding carboxylic acids is 1. The Balaban J connectivity index is 3.08. The third-order valence-electron chi connectivity index (χ3n) is 1.59. The molecule has 0 atom stereocenters. The average molecular weight is 352 g/mol. The summed E-state index contributed by atoms with van der Waals surface area (Å²) >= 11 is 6.54. The maximum atomic E-state index is 10.6. The molecule has 7 heteroatoms. The van der Waals surface area contributed by atoms with E-state index in [-0.39, 0.29) is 6.61 Å². The summed E-state index contributed by atoms with van der Waals surface area (Å²) in [5.41, 5.74) is 5.49. The molecule has 1 amide bonds. The average Bonchev–Trinajstić information content (AvgIpc) is 2.16. The lowest BCUT2D eigenvalue weighted by Crippen LogP contribution is -2.20. The number of oxime groups is 1. The fourth-order valence-corrected chi connectivity index (χ4v) is 2.41. The van der Waals surface area contributed by atoms with Crippen molar-refractivity contribution in [3.8, 4) is 5.75 Å². The van der Waals surface area contributed by atoms with Gasteiger partial charge in [-0.3, -0.25) is 4.79 Å². The minimum Gasteiger partial charge on any atom is -0.482 e. The van der Waals surface area contributed by atoms with Gasteiger partial charge >= 0.3 is 0 Å². The van der Waals surface area contributed by atoms with Crippen molar-refractivity contribution in [3.05, 3.63) is 26.6 Å². The van der Waals surface area contributed by atoms with Crippen molar-refractivity contribution in [2.45, 2.75) is 0 Å². The summed E-state index contributed by atoms with van der Waals surface area (Å²) in [6, 6.07) is 3.42. The van der Waals surface area contributed by atoms with Crippen LogP contribution in [0.1, 0.15) is 5.56 Å². The van der Waals surface area contributed by atoms with Crippen molar-refractivity contribution in [1.82, 2.24) is 0 Å². The van der Waals surface area contributed by atoms with Gasteiger partial charge in [-0.05, 0) is 28.1 Å². The fourth-order valence-electron chi connectivity index (χ4n) is 1.03. The number of nitrogens with two attached hydrogens (primary N) is 1. The molecule has 0 saturated heterocycles. The molecule has 0 spiro atoms. The molecule has 0 fully saturated rings. The van der Waals surface area contributed by atoms with E-state index in [1.807, 2.05) is 0 Å². The van der Waals surface area contributed by atoms with E-state index in [0.717, 1.165) is 4.47 Å². The lowest BCUT2D eigenvalue weighted by atomic mass is 10.2. The summed E-state index contributed by atoms with van der Waals surface area (Å²) in [7, 11) is 0. The van der Waals surface area contributed by atoms with Gasteiger partial charge in [-0.15, -0.1) is 0 Å². The monoisotopic (exact) mass is 350 g/mol. The summed E-state index contributed by atoms with van der Waals surface area (Å²) < 4.78 is 6.59. The Bertz CT molecular complexity index is 435. The summed E-state index contributed by atoms with van der Waals surface area (Å²) in [5.74, 6) is -0.193. The van der Waals surface area contributed by atoms with Gasteiger partial charge in [0, 0.05) is 10.0 Å². The molecule has 1 aromatic carbocycles. The first-order valence-electron chi connectivity index (χ1n) is 4.12. The Morgan fingerprint density at radius 3 is 2.81 bits per heavy atom. The lowest BCUT2D eigenvalue weighted by molar-refractivity contribution is -0.119. The molecule has 0 unspecified atom stereocenters. The Kier molecular flexibility index (Phi) is 4.75. The highest BCUT2D eigenvalue weighted by molar-refractivity contribution is 9.11. The second kappa shape index (κ2) is 5.86. The van der Waals surface area contributed by atoms with Crippen LogP contribution in [-0.2, 0) is 4.79 Å². The van der Waals surface area contributed by atoms with Gasteiger partial charge in [-0.1, -0.05) is 21.1 Å². The number of halogens is 2. The highest BCUT2D eigenvalue weighted by Crippen LogP contribution is 2.31. The molecule has 0 aliphatic rings. The van der Waals surface area contributed by atoms with E-state index in [1.165, 1.54) is 6.21 Å². The minimum absolute atomic E-state index is 0.244. The van der Waals surface area contributed by atoms with Crippen molar-refractivity contribution in [3.63, 3.8) is 0 Å². The highest BCUT2D eigenvalue weighted by Gasteiger charge is 2.10. The first-order valence-corrected chi connectivity index (χ1v) is 5.70. The van der Waals surface area contributed by atoms with Gasteiger partial charge in [-0.25, -0.2) is 0 Å². The molecule has 1 rings (SSSR count). The number of benzene rings is 1. The second-order valence-electron chi connectivity index (χ2n) is 2.81. The molecule has 0 radical (unpaired) electrons. The Hall–Kier alpha value is -1.08. The van der Waals surface area contributed by atoms with Crippen molar-refractivity contribution in [2.24, 2.45) is 10.9 Å². The van der Waals surface area contributed by atoms with Crippen molar-refractivity contribution in [1.29, 1.82) is 0 Å². The fraction of sp³-hybridized carbons (Fsp3) is 0.111. The van der Waals surface area contributed by atoms with E-state index < -0.39 is 5.91 Å². The van der Waals surface area contributed by atoms with E-state index in [0.29, 0.717) is 15.8 Å². The number of carbonyl (C=O) groups is 1. The predicted octanol–water partition coefficient (Wildman–Crippen LogP) is 1.88. The van der Waals surface area contributed by atoms with Crippen LogP contribution in [0, 0.1) is 0 Å². The van der Waals surface area contributed by atoms with Crippen molar-refractivity contribution < 1.29 is 14.7 Å². The Labute approximate surface area is 109 Å². The summed E-state index contributed by atoms with van der Waals surface area (Å²) in [4.78, 5) is 10.6. The van der Waals surface area contributed by atoms with Crippen LogP contribution in [-0.4, -0.2) is 23.9 Å². The van der Waals surface area contributed by atoms with E-state index in [9.17, 15) is 4.79 Å². The molecule has 0 aliphatic carbocycles. The Morgan fingerprint density at radius 1 is 1.56 bits per heavy atom. The maximum absolute atomic E-state index is 10.6. The zero-order chi connectivity index (χ0) is 12.1. The molecule has 86 valence electrons. The standard InChI is InChI=1S/C9H8Br2N2O3/c10-6-1-5(3-13-15)9(7(11)2-6)16-4-8(12)14/h1-3,15H,4H2,(H2,12,14)/b13-3+. The van der Waals surface area contributed by atoms with Crippen LogP contribution in [0.5, 0.6) is 5.75 Å². The second-order valence-corrected chi connectivity index (χ2v) is 4.58. The van der Waals surface area contributed by atoms with Gasteiger partial charge < -0.3 is 15.7 Å². The summed E-state index contributed by atoms with van der Waals surface area (Å²) in [5, 5.41) is 11.4. The molecule has 16 heavy (non-hydrogen) atoms. The number of amides is 1. The molecule has 1 aromatic rings. The normalized spacial score (nSPS) is 10.6. The van der Waals surface area contributed by atoms with Gasteiger partial charge in [0.15, 0.2) is 6.61 Å². The molecular weight excluding hydrogens is 344 g/mol. The SMILES string of the molecule is NC(=O)COc1c(Br)cc(Br)cc1/C=N/O. The zero-order valence-electron chi connectivity index (χ0n) is 7.98. The number of rotatable bonds is 4. The van der Waals surface area contributed by atoms with Crippen molar-refractivity contribution >= 4 is 44.0 Å². The molecule has 3 N–H and O–H groups in total. The van der Waals surface area contributed by atoms with Crippen LogP contribution >= 0.6 is 31.9 Å². The van der Waals surface area contributed by atoms with E-state index in [4.69, 9.17) is 15.7 Å². The quantitative estimate of drug-likeness (QED) is 0.493.